The molecule has 1 atom stereocenters. The summed E-state index contributed by atoms with van der Waals surface area (Å²) in [6, 6.07) is 10.4. The number of aromatic amines is 1. The molecule has 0 spiro atoms. The van der Waals surface area contributed by atoms with Crippen LogP contribution >= 0.6 is 11.6 Å². The highest BCUT2D eigenvalue weighted by atomic mass is 35.5. The summed E-state index contributed by atoms with van der Waals surface area (Å²) < 4.78 is 39.0. The molecule has 33 heavy (non-hydrogen) atoms. The van der Waals surface area contributed by atoms with Crippen LogP contribution in [0.1, 0.15) is 41.1 Å². The molecule has 0 radical (unpaired) electrons. The lowest BCUT2D eigenvalue weighted by atomic mass is 9.80. The fourth-order valence-corrected chi connectivity index (χ4v) is 4.52. The second-order valence-electron chi connectivity index (χ2n) is 8.71. The molecule has 1 N–H and O–H groups in total. The van der Waals surface area contributed by atoms with Gasteiger partial charge in [0.2, 0.25) is 0 Å². The first-order valence-corrected chi connectivity index (χ1v) is 11.2. The average Bonchev–Trinajstić information content (AvgIpc) is 2.76. The van der Waals surface area contributed by atoms with Crippen LogP contribution in [-0.2, 0) is 12.6 Å². The normalized spacial score (nSPS) is 17.7. The number of aromatic nitrogens is 1. The van der Waals surface area contributed by atoms with Gasteiger partial charge in [0, 0.05) is 33.9 Å². The molecule has 0 fully saturated rings. The van der Waals surface area contributed by atoms with Crippen molar-refractivity contribution in [2.45, 2.75) is 31.4 Å². The Kier molecular flexibility index (Phi) is 6.64. The van der Waals surface area contributed by atoms with Gasteiger partial charge in [0.15, 0.2) is 5.43 Å². The van der Waals surface area contributed by atoms with Crippen LogP contribution in [0, 0.1) is 0 Å². The minimum absolute atomic E-state index is 0.0761. The molecule has 1 unspecified atom stereocenters. The van der Waals surface area contributed by atoms with Gasteiger partial charge >= 0.3 is 6.18 Å². The van der Waals surface area contributed by atoms with Crippen molar-refractivity contribution in [3.8, 4) is 0 Å². The van der Waals surface area contributed by atoms with E-state index in [0.717, 1.165) is 36.4 Å². The number of nitrogens with one attached hydrogen (secondary N) is 1. The molecule has 174 valence electrons. The van der Waals surface area contributed by atoms with Gasteiger partial charge in [0.25, 0.3) is 0 Å². The molecule has 1 heterocycles. The van der Waals surface area contributed by atoms with E-state index < -0.39 is 11.7 Å². The number of alkyl halides is 3. The van der Waals surface area contributed by atoms with E-state index in [2.05, 4.69) is 9.88 Å². The second-order valence-corrected chi connectivity index (χ2v) is 9.14. The number of pyridine rings is 1. The smallest absolute Gasteiger partial charge is 0.358 e. The zero-order chi connectivity index (χ0) is 23.8. The summed E-state index contributed by atoms with van der Waals surface area (Å²) in [5.74, 6) is -0.0761. The third kappa shape index (κ3) is 5.14. The van der Waals surface area contributed by atoms with E-state index in [4.69, 9.17) is 16.6 Å². The molecule has 0 bridgehead atoms. The first-order chi connectivity index (χ1) is 15.6. The fraction of sp³-hybridized carbons (Fsp3) is 0.360. The third-order valence-electron chi connectivity index (χ3n) is 6.00. The summed E-state index contributed by atoms with van der Waals surface area (Å²) in [6.45, 7) is 1.44. The van der Waals surface area contributed by atoms with E-state index in [1.54, 1.807) is 18.2 Å². The maximum Gasteiger partial charge on any atom is 0.416 e. The fourth-order valence-electron chi connectivity index (χ4n) is 4.35. The van der Waals surface area contributed by atoms with Gasteiger partial charge in [0.05, 0.1) is 11.1 Å². The van der Waals surface area contributed by atoms with E-state index in [1.807, 2.05) is 14.1 Å². The predicted octanol–water partition coefficient (Wildman–Crippen LogP) is 5.67. The molecular weight excluding hydrogens is 451 g/mol. The van der Waals surface area contributed by atoms with Gasteiger partial charge < -0.3 is 9.88 Å². The highest BCUT2D eigenvalue weighted by molar-refractivity contribution is 6.31. The molecule has 1 aliphatic rings. The molecular formula is C25H25ClF3N3O. The van der Waals surface area contributed by atoms with Crippen molar-refractivity contribution >= 4 is 28.2 Å². The largest absolute Gasteiger partial charge is 0.416 e. The molecule has 1 aromatic heterocycles. The van der Waals surface area contributed by atoms with E-state index in [1.165, 1.54) is 12.1 Å². The van der Waals surface area contributed by atoms with Crippen LogP contribution < -0.4 is 5.43 Å². The number of nitrogens with zero attached hydrogens (tertiary/aromatic N) is 2. The Labute approximate surface area is 195 Å². The number of fused-ring (bicyclic) bond motifs is 2. The zero-order valence-electron chi connectivity index (χ0n) is 18.5. The second kappa shape index (κ2) is 9.31. The van der Waals surface area contributed by atoms with E-state index in [9.17, 15) is 18.0 Å². The lowest BCUT2D eigenvalue weighted by Crippen LogP contribution is -2.28. The van der Waals surface area contributed by atoms with Crippen molar-refractivity contribution in [2.75, 3.05) is 27.2 Å². The molecule has 1 aliphatic carbocycles. The van der Waals surface area contributed by atoms with E-state index in [-0.39, 0.29) is 11.3 Å². The molecule has 4 rings (SSSR count). The van der Waals surface area contributed by atoms with Gasteiger partial charge in [-0.3, -0.25) is 9.79 Å². The SMILES string of the molecule is CN(C)CCCN=C1CC(c2ccc(C(F)(F)F)cc2)Cc2[nH]c3ccc(Cl)cc3c(=O)c21. The Hall–Kier alpha value is -2.64. The Morgan fingerprint density at radius 1 is 1.12 bits per heavy atom. The minimum Gasteiger partial charge on any atom is -0.358 e. The predicted molar refractivity (Wildman–Crippen MR) is 127 cm³/mol. The Morgan fingerprint density at radius 2 is 1.85 bits per heavy atom. The van der Waals surface area contributed by atoms with Crippen molar-refractivity contribution in [3.05, 3.63) is 80.1 Å². The zero-order valence-corrected chi connectivity index (χ0v) is 19.2. The molecule has 3 aromatic rings. The number of H-pyrrole nitrogens is 1. The van der Waals surface area contributed by atoms with Crippen LogP contribution in [0.2, 0.25) is 5.02 Å². The van der Waals surface area contributed by atoms with Crippen molar-refractivity contribution in [1.29, 1.82) is 0 Å². The Morgan fingerprint density at radius 3 is 2.52 bits per heavy atom. The first-order valence-electron chi connectivity index (χ1n) is 10.8. The van der Waals surface area contributed by atoms with Gasteiger partial charge in [-0.2, -0.15) is 13.2 Å². The summed E-state index contributed by atoms with van der Waals surface area (Å²) in [4.78, 5) is 23.6. The monoisotopic (exact) mass is 475 g/mol. The first kappa shape index (κ1) is 23.5. The molecule has 2 aromatic carbocycles. The third-order valence-corrected chi connectivity index (χ3v) is 6.23. The standard InChI is InChI=1S/C25H25ClF3N3O/c1-32(2)11-3-10-30-21-12-16(15-4-6-17(7-5-15)25(27,28)29)13-22-23(21)24(33)19-14-18(26)8-9-20(19)31-22/h4-9,14,16H,3,10-13H2,1-2H3,(H,31,33). The molecule has 8 heteroatoms. The number of benzene rings is 2. The summed E-state index contributed by atoms with van der Waals surface area (Å²) in [6.07, 6.45) is -2.52. The Bertz CT molecular complexity index is 1250. The lowest BCUT2D eigenvalue weighted by molar-refractivity contribution is -0.137. The summed E-state index contributed by atoms with van der Waals surface area (Å²) in [7, 11) is 3.98. The number of hydrogen-bond donors (Lipinski definition) is 1. The van der Waals surface area contributed by atoms with Crippen LogP contribution in [0.5, 0.6) is 0 Å². The molecule has 0 amide bonds. The topological polar surface area (TPSA) is 48.5 Å². The van der Waals surface area contributed by atoms with Crippen molar-refractivity contribution in [3.63, 3.8) is 0 Å². The number of hydrogen-bond acceptors (Lipinski definition) is 3. The highest BCUT2D eigenvalue weighted by Crippen LogP contribution is 2.35. The van der Waals surface area contributed by atoms with Crippen LogP contribution in [0.25, 0.3) is 10.9 Å². The number of rotatable bonds is 5. The van der Waals surface area contributed by atoms with E-state index in [0.29, 0.717) is 46.6 Å². The maximum atomic E-state index is 13.4. The summed E-state index contributed by atoms with van der Waals surface area (Å²) >= 11 is 6.12. The van der Waals surface area contributed by atoms with Gasteiger partial charge in [-0.1, -0.05) is 23.7 Å². The lowest BCUT2D eigenvalue weighted by Gasteiger charge is -2.27. The quantitative estimate of drug-likeness (QED) is 0.483. The van der Waals surface area contributed by atoms with Gasteiger partial charge in [-0.15, -0.1) is 0 Å². The van der Waals surface area contributed by atoms with Crippen LogP contribution in [0.15, 0.2) is 52.3 Å². The average molecular weight is 476 g/mol. The van der Waals surface area contributed by atoms with Crippen LogP contribution in [-0.4, -0.2) is 42.8 Å². The summed E-state index contributed by atoms with van der Waals surface area (Å²) in [5.41, 5.74) is 2.72. The highest BCUT2D eigenvalue weighted by Gasteiger charge is 2.32. The molecule has 0 saturated carbocycles. The minimum atomic E-state index is -4.37. The van der Waals surface area contributed by atoms with Crippen LogP contribution in [0.3, 0.4) is 0 Å². The van der Waals surface area contributed by atoms with Crippen molar-refractivity contribution in [2.24, 2.45) is 4.99 Å². The van der Waals surface area contributed by atoms with E-state index >= 15 is 0 Å². The van der Waals surface area contributed by atoms with Crippen molar-refractivity contribution < 1.29 is 13.2 Å². The van der Waals surface area contributed by atoms with Gasteiger partial charge in [0.1, 0.15) is 0 Å². The number of halogens is 4. The maximum absolute atomic E-state index is 13.4. The van der Waals surface area contributed by atoms with Gasteiger partial charge in [-0.25, -0.2) is 0 Å². The molecule has 0 saturated heterocycles. The van der Waals surface area contributed by atoms with Crippen molar-refractivity contribution in [1.82, 2.24) is 9.88 Å². The molecule has 4 nitrogen and oxygen atoms in total. The number of aliphatic imine (C=N–C) groups is 1. The van der Waals surface area contributed by atoms with Gasteiger partial charge in [-0.05, 0) is 81.7 Å². The molecule has 0 aliphatic heterocycles. The Balaban J connectivity index is 1.75. The van der Waals surface area contributed by atoms with Crippen LogP contribution in [0.4, 0.5) is 13.2 Å². The summed E-state index contributed by atoms with van der Waals surface area (Å²) in [5, 5.41) is 0.992.